The minimum Gasteiger partial charge on any atom is -0.457 e. The molecule has 10 heteroatoms. The zero-order chi connectivity index (χ0) is 26.9. The van der Waals surface area contributed by atoms with Gasteiger partial charge in [0.15, 0.2) is 11.5 Å². The van der Waals surface area contributed by atoms with Gasteiger partial charge in [-0.05, 0) is 67.8 Å². The van der Waals surface area contributed by atoms with Crippen LogP contribution in [0.3, 0.4) is 0 Å². The van der Waals surface area contributed by atoms with E-state index in [9.17, 15) is 4.79 Å². The lowest BCUT2D eigenvalue weighted by Crippen LogP contribution is -2.33. The van der Waals surface area contributed by atoms with Crippen LogP contribution in [0.25, 0.3) is 22.3 Å². The van der Waals surface area contributed by atoms with Crippen LogP contribution in [0.4, 0.5) is 11.5 Å². The lowest BCUT2D eigenvalue weighted by atomic mass is 10.0. The van der Waals surface area contributed by atoms with E-state index >= 15 is 0 Å². The molecule has 1 aliphatic heterocycles. The van der Waals surface area contributed by atoms with Gasteiger partial charge in [0.05, 0.1) is 11.2 Å². The van der Waals surface area contributed by atoms with Crippen molar-refractivity contribution in [2.24, 2.45) is 0 Å². The number of hydrogen-bond acceptors (Lipinski definition) is 8. The molecular formula is C29H26N8O2. The Kier molecular flexibility index (Phi) is 6.20. The highest BCUT2D eigenvalue weighted by atomic mass is 16.5. The van der Waals surface area contributed by atoms with Gasteiger partial charge >= 0.3 is 0 Å². The number of rotatable bonds is 6. The van der Waals surface area contributed by atoms with Crippen LogP contribution in [0.2, 0.25) is 0 Å². The van der Waals surface area contributed by atoms with Gasteiger partial charge in [-0.3, -0.25) is 4.79 Å². The summed E-state index contributed by atoms with van der Waals surface area (Å²) in [4.78, 5) is 31.7. The SMILES string of the molecule is C=CC(=O)N1CC=C(c2ccc3ncnc(Nc4ccc(Oc5cc(C)n6ncnc6c5)c(C)c4)c3n2)CC1. The second kappa shape index (κ2) is 9.97. The summed E-state index contributed by atoms with van der Waals surface area (Å²) in [6, 6.07) is 13.6. The molecule has 0 unspecified atom stereocenters. The third-order valence-electron chi connectivity index (χ3n) is 6.70. The molecule has 0 atom stereocenters. The van der Waals surface area contributed by atoms with Gasteiger partial charge < -0.3 is 15.0 Å². The molecule has 6 rings (SSSR count). The molecule has 4 aromatic heterocycles. The number of pyridine rings is 2. The Balaban J connectivity index is 1.24. The number of hydrogen-bond donors (Lipinski definition) is 1. The van der Waals surface area contributed by atoms with Crippen molar-refractivity contribution in [3.05, 3.63) is 90.8 Å². The van der Waals surface area contributed by atoms with E-state index < -0.39 is 0 Å². The molecule has 1 amide bonds. The van der Waals surface area contributed by atoms with E-state index in [4.69, 9.17) is 9.72 Å². The number of amides is 1. The van der Waals surface area contributed by atoms with Crippen LogP contribution < -0.4 is 10.1 Å². The molecule has 10 nitrogen and oxygen atoms in total. The molecule has 0 saturated heterocycles. The number of fused-ring (bicyclic) bond motifs is 2. The maximum Gasteiger partial charge on any atom is 0.246 e. The highest BCUT2D eigenvalue weighted by Crippen LogP contribution is 2.31. The fourth-order valence-corrected chi connectivity index (χ4v) is 4.66. The predicted octanol–water partition coefficient (Wildman–Crippen LogP) is 5.02. The minimum atomic E-state index is -0.0603. The lowest BCUT2D eigenvalue weighted by Gasteiger charge is -2.25. The first kappa shape index (κ1) is 24.2. The van der Waals surface area contributed by atoms with E-state index in [2.05, 4.69) is 31.9 Å². The second-order valence-electron chi connectivity index (χ2n) is 9.32. The summed E-state index contributed by atoms with van der Waals surface area (Å²) in [5.74, 6) is 1.99. The van der Waals surface area contributed by atoms with Crippen LogP contribution in [0.5, 0.6) is 11.5 Å². The number of nitrogens with one attached hydrogen (secondary N) is 1. The number of aromatic nitrogens is 6. The van der Waals surface area contributed by atoms with Gasteiger partial charge in [0.1, 0.15) is 29.7 Å². The maximum absolute atomic E-state index is 11.9. The number of carbonyl (C=O) groups excluding carboxylic acids is 1. The first-order valence-electron chi connectivity index (χ1n) is 12.6. The largest absolute Gasteiger partial charge is 0.457 e. The number of nitrogens with zero attached hydrogens (tertiary/aromatic N) is 7. The smallest absolute Gasteiger partial charge is 0.246 e. The summed E-state index contributed by atoms with van der Waals surface area (Å²) in [6.07, 6.45) is 7.16. The third kappa shape index (κ3) is 4.79. The first-order chi connectivity index (χ1) is 19.0. The molecule has 39 heavy (non-hydrogen) atoms. The average Bonchev–Trinajstić information content (AvgIpc) is 3.44. The third-order valence-corrected chi connectivity index (χ3v) is 6.70. The summed E-state index contributed by atoms with van der Waals surface area (Å²) in [5, 5.41) is 7.60. The highest BCUT2D eigenvalue weighted by molar-refractivity contribution is 5.89. The monoisotopic (exact) mass is 518 g/mol. The standard InChI is InChI=1S/C29H26N8O2/c1-4-27(38)36-11-9-20(10-12-36)23-6-7-24-28(35-23)29(32-16-30-24)34-21-5-8-25(18(2)13-21)39-22-14-19(3)37-26(15-22)31-17-33-37/h4-9,13-17H,1,10-12H2,2-3H3,(H,30,32,34). The molecule has 5 aromatic rings. The molecular weight excluding hydrogens is 492 g/mol. The van der Waals surface area contributed by atoms with Crippen LogP contribution in [0, 0.1) is 13.8 Å². The number of benzene rings is 1. The fourth-order valence-electron chi connectivity index (χ4n) is 4.66. The van der Waals surface area contributed by atoms with Crippen molar-refractivity contribution < 1.29 is 9.53 Å². The normalized spacial score (nSPS) is 13.4. The Morgan fingerprint density at radius 2 is 1.97 bits per heavy atom. The highest BCUT2D eigenvalue weighted by Gasteiger charge is 2.17. The molecule has 0 aliphatic carbocycles. The average molecular weight is 519 g/mol. The number of aryl methyl sites for hydroxylation is 2. The van der Waals surface area contributed by atoms with E-state index in [1.165, 1.54) is 18.7 Å². The van der Waals surface area contributed by atoms with Crippen LogP contribution in [-0.2, 0) is 4.79 Å². The van der Waals surface area contributed by atoms with Gasteiger partial charge in [0, 0.05) is 36.6 Å². The van der Waals surface area contributed by atoms with Gasteiger partial charge in [0.25, 0.3) is 0 Å². The molecule has 0 spiro atoms. The summed E-state index contributed by atoms with van der Waals surface area (Å²) in [7, 11) is 0. The van der Waals surface area contributed by atoms with Gasteiger partial charge in [-0.2, -0.15) is 5.10 Å². The van der Waals surface area contributed by atoms with Crippen molar-refractivity contribution in [3.8, 4) is 11.5 Å². The van der Waals surface area contributed by atoms with Crippen LogP contribution in [-0.4, -0.2) is 53.4 Å². The van der Waals surface area contributed by atoms with Crippen molar-refractivity contribution in [3.63, 3.8) is 0 Å². The lowest BCUT2D eigenvalue weighted by molar-refractivity contribution is -0.125. The first-order valence-corrected chi connectivity index (χ1v) is 12.6. The molecule has 0 saturated carbocycles. The van der Waals surface area contributed by atoms with Gasteiger partial charge in [-0.15, -0.1) is 0 Å². The van der Waals surface area contributed by atoms with Crippen molar-refractivity contribution in [2.75, 3.05) is 18.4 Å². The van der Waals surface area contributed by atoms with Crippen molar-refractivity contribution in [1.82, 2.24) is 34.4 Å². The molecule has 1 N–H and O–H groups in total. The number of ether oxygens (including phenoxy) is 1. The van der Waals surface area contributed by atoms with E-state index in [0.717, 1.165) is 51.5 Å². The van der Waals surface area contributed by atoms with E-state index in [1.807, 2.05) is 62.4 Å². The number of anilines is 2. The molecule has 5 heterocycles. The molecule has 1 aliphatic rings. The Labute approximate surface area is 224 Å². The van der Waals surface area contributed by atoms with E-state index in [0.29, 0.717) is 30.2 Å². The van der Waals surface area contributed by atoms with E-state index in [-0.39, 0.29) is 5.91 Å². The molecule has 0 fully saturated rings. The van der Waals surface area contributed by atoms with Crippen molar-refractivity contribution in [1.29, 1.82) is 0 Å². The number of carbonyl (C=O) groups is 1. The Morgan fingerprint density at radius 1 is 1.08 bits per heavy atom. The minimum absolute atomic E-state index is 0.0603. The zero-order valence-electron chi connectivity index (χ0n) is 21.6. The molecule has 0 bridgehead atoms. The van der Waals surface area contributed by atoms with Gasteiger partial charge in [0.2, 0.25) is 5.91 Å². The molecule has 0 radical (unpaired) electrons. The fraction of sp³-hybridized carbons (Fsp3) is 0.172. The molecule has 194 valence electrons. The summed E-state index contributed by atoms with van der Waals surface area (Å²) in [5.41, 5.74) is 6.84. The summed E-state index contributed by atoms with van der Waals surface area (Å²) in [6.45, 7) is 8.70. The van der Waals surface area contributed by atoms with E-state index in [1.54, 1.807) is 9.42 Å². The maximum atomic E-state index is 11.9. The summed E-state index contributed by atoms with van der Waals surface area (Å²) >= 11 is 0. The Morgan fingerprint density at radius 3 is 2.77 bits per heavy atom. The van der Waals surface area contributed by atoms with Crippen molar-refractivity contribution in [2.45, 2.75) is 20.3 Å². The van der Waals surface area contributed by atoms with Gasteiger partial charge in [-0.1, -0.05) is 12.7 Å². The van der Waals surface area contributed by atoms with Crippen LogP contribution >= 0.6 is 0 Å². The Hall–Kier alpha value is -5.12. The molecule has 1 aromatic carbocycles. The quantitative estimate of drug-likeness (QED) is 0.312. The topological polar surface area (TPSA) is 110 Å². The van der Waals surface area contributed by atoms with Crippen molar-refractivity contribution >= 4 is 39.7 Å². The Bertz CT molecular complexity index is 1770. The van der Waals surface area contributed by atoms with Gasteiger partial charge in [-0.25, -0.2) is 24.5 Å². The second-order valence-corrected chi connectivity index (χ2v) is 9.32. The van der Waals surface area contributed by atoms with Crippen LogP contribution in [0.1, 0.15) is 23.4 Å². The zero-order valence-corrected chi connectivity index (χ0v) is 21.6. The predicted molar refractivity (Wildman–Crippen MR) is 149 cm³/mol. The summed E-state index contributed by atoms with van der Waals surface area (Å²) < 4.78 is 7.94. The van der Waals surface area contributed by atoms with Crippen LogP contribution in [0.15, 0.2) is 73.9 Å².